The van der Waals surface area contributed by atoms with Gasteiger partial charge in [-0.1, -0.05) is 30.3 Å². The average Bonchev–Trinajstić information content (AvgIpc) is 3.20. The number of carbonyl (C=O) groups excluding carboxylic acids is 1. The summed E-state index contributed by atoms with van der Waals surface area (Å²) in [7, 11) is 1.35. The van der Waals surface area contributed by atoms with E-state index in [0.29, 0.717) is 17.1 Å². The van der Waals surface area contributed by atoms with E-state index in [1.54, 1.807) is 13.0 Å². The molecule has 29 heavy (non-hydrogen) atoms. The number of ether oxygens (including phenoxy) is 1. The lowest BCUT2D eigenvalue weighted by atomic mass is 10.1. The van der Waals surface area contributed by atoms with Crippen LogP contribution in [0.4, 0.5) is 5.69 Å². The smallest absolute Gasteiger partial charge is 0.311 e. The first-order valence-electron chi connectivity index (χ1n) is 8.47. The normalized spacial score (nSPS) is 11.2. The monoisotopic (exact) mass is 395 g/mol. The molecule has 0 saturated heterocycles. The van der Waals surface area contributed by atoms with Crippen LogP contribution in [0.15, 0.2) is 53.6 Å². The van der Waals surface area contributed by atoms with E-state index in [1.807, 2.05) is 30.3 Å². The number of aromatic nitrogens is 4. The molecule has 148 valence electrons. The predicted molar refractivity (Wildman–Crippen MR) is 103 cm³/mol. The number of nitro groups is 1. The third-order valence-electron chi connectivity index (χ3n) is 3.91. The maximum atomic E-state index is 12.1. The summed E-state index contributed by atoms with van der Waals surface area (Å²) >= 11 is 0. The summed E-state index contributed by atoms with van der Waals surface area (Å²) in [6.45, 7) is 1.44. The SMILES string of the molecule is COc1ccc(/C(C)=N/NC(=O)Cn2nnc(-c3ccccc3)n2)cc1[N+](=O)[O-]. The minimum atomic E-state index is -0.547. The molecule has 11 heteroatoms. The van der Waals surface area contributed by atoms with Crippen LogP contribution in [0, 0.1) is 10.1 Å². The van der Waals surface area contributed by atoms with E-state index in [4.69, 9.17) is 4.74 Å². The van der Waals surface area contributed by atoms with E-state index in [9.17, 15) is 14.9 Å². The lowest BCUT2D eigenvalue weighted by molar-refractivity contribution is -0.385. The third kappa shape index (κ3) is 4.77. The molecule has 0 atom stereocenters. The van der Waals surface area contributed by atoms with Crippen molar-refractivity contribution in [2.45, 2.75) is 13.5 Å². The Balaban J connectivity index is 1.65. The molecule has 1 amide bonds. The van der Waals surface area contributed by atoms with Gasteiger partial charge in [0.1, 0.15) is 6.54 Å². The van der Waals surface area contributed by atoms with E-state index in [-0.39, 0.29) is 18.0 Å². The maximum Gasteiger partial charge on any atom is 0.311 e. The fourth-order valence-corrected chi connectivity index (χ4v) is 2.45. The molecule has 0 bridgehead atoms. The predicted octanol–water partition coefficient (Wildman–Crippen LogP) is 1.80. The zero-order chi connectivity index (χ0) is 20.8. The molecule has 11 nitrogen and oxygen atoms in total. The van der Waals surface area contributed by atoms with Crippen LogP contribution in [0.1, 0.15) is 12.5 Å². The Morgan fingerprint density at radius 2 is 2.03 bits per heavy atom. The molecular weight excluding hydrogens is 378 g/mol. The third-order valence-corrected chi connectivity index (χ3v) is 3.91. The van der Waals surface area contributed by atoms with E-state index in [0.717, 1.165) is 10.4 Å². The lowest BCUT2D eigenvalue weighted by Gasteiger charge is -2.05. The highest BCUT2D eigenvalue weighted by atomic mass is 16.6. The summed E-state index contributed by atoms with van der Waals surface area (Å²) in [5.41, 5.74) is 3.84. The molecule has 0 radical (unpaired) electrons. The number of amides is 1. The van der Waals surface area contributed by atoms with Crippen LogP contribution in [0.2, 0.25) is 0 Å². The van der Waals surface area contributed by atoms with Gasteiger partial charge in [0.2, 0.25) is 5.82 Å². The number of benzene rings is 2. The number of rotatable bonds is 7. The lowest BCUT2D eigenvalue weighted by Crippen LogP contribution is -2.25. The summed E-state index contributed by atoms with van der Waals surface area (Å²) in [6.07, 6.45) is 0. The van der Waals surface area contributed by atoms with Crippen molar-refractivity contribution in [2.24, 2.45) is 5.10 Å². The molecule has 1 heterocycles. The summed E-state index contributed by atoms with van der Waals surface area (Å²) in [6, 6.07) is 13.7. The van der Waals surface area contributed by atoms with Gasteiger partial charge >= 0.3 is 5.69 Å². The van der Waals surface area contributed by atoms with Gasteiger partial charge in [0.15, 0.2) is 5.75 Å². The van der Waals surface area contributed by atoms with Gasteiger partial charge in [-0.15, -0.1) is 10.2 Å². The highest BCUT2D eigenvalue weighted by molar-refractivity contribution is 6.00. The van der Waals surface area contributed by atoms with Crippen molar-refractivity contribution in [1.29, 1.82) is 0 Å². The molecule has 3 aromatic rings. The number of methoxy groups -OCH3 is 1. The van der Waals surface area contributed by atoms with E-state index in [2.05, 4.69) is 25.9 Å². The minimum absolute atomic E-state index is 0.141. The van der Waals surface area contributed by atoms with Crippen molar-refractivity contribution in [3.05, 3.63) is 64.2 Å². The Labute approximate surface area is 165 Å². The van der Waals surface area contributed by atoms with Crippen LogP contribution in [0.3, 0.4) is 0 Å². The van der Waals surface area contributed by atoms with Crippen LogP contribution in [-0.4, -0.2) is 43.9 Å². The molecule has 0 fully saturated rings. The molecule has 2 aromatic carbocycles. The van der Waals surface area contributed by atoms with Crippen molar-refractivity contribution in [2.75, 3.05) is 7.11 Å². The molecule has 0 aliphatic heterocycles. The Morgan fingerprint density at radius 3 is 2.72 bits per heavy atom. The van der Waals surface area contributed by atoms with Gasteiger partial charge in [-0.25, -0.2) is 5.43 Å². The zero-order valence-electron chi connectivity index (χ0n) is 15.6. The second-order valence-corrected chi connectivity index (χ2v) is 5.89. The number of nitro benzene ring substituents is 1. The first-order chi connectivity index (χ1) is 14.0. The summed E-state index contributed by atoms with van der Waals surface area (Å²) < 4.78 is 4.97. The number of nitrogens with one attached hydrogen (secondary N) is 1. The van der Waals surface area contributed by atoms with Crippen LogP contribution < -0.4 is 10.2 Å². The van der Waals surface area contributed by atoms with Gasteiger partial charge < -0.3 is 4.74 Å². The minimum Gasteiger partial charge on any atom is -0.490 e. The van der Waals surface area contributed by atoms with Crippen LogP contribution in [0.25, 0.3) is 11.4 Å². The van der Waals surface area contributed by atoms with Gasteiger partial charge in [0.05, 0.1) is 17.7 Å². The second kappa shape index (κ2) is 8.69. The van der Waals surface area contributed by atoms with Crippen LogP contribution in [-0.2, 0) is 11.3 Å². The Kier molecular flexibility index (Phi) is 5.88. The molecule has 0 saturated carbocycles. The topological polar surface area (TPSA) is 137 Å². The maximum absolute atomic E-state index is 12.1. The highest BCUT2D eigenvalue weighted by Crippen LogP contribution is 2.27. The molecule has 0 unspecified atom stereocenters. The van der Waals surface area contributed by atoms with Crippen LogP contribution in [0.5, 0.6) is 5.75 Å². The van der Waals surface area contributed by atoms with Gasteiger partial charge in [-0.3, -0.25) is 14.9 Å². The van der Waals surface area contributed by atoms with Gasteiger partial charge in [0, 0.05) is 17.2 Å². The Morgan fingerprint density at radius 1 is 1.28 bits per heavy atom. The van der Waals surface area contributed by atoms with Crippen molar-refractivity contribution in [3.63, 3.8) is 0 Å². The summed E-state index contributed by atoms with van der Waals surface area (Å²) in [5, 5.41) is 27.0. The van der Waals surface area contributed by atoms with Crippen molar-refractivity contribution in [3.8, 4) is 17.1 Å². The Hall–Kier alpha value is -4.15. The van der Waals surface area contributed by atoms with Crippen molar-refractivity contribution in [1.82, 2.24) is 25.6 Å². The van der Waals surface area contributed by atoms with Crippen molar-refractivity contribution < 1.29 is 14.5 Å². The standard InChI is InChI=1S/C18H17N7O4/c1-12(14-8-9-16(29-2)15(10-14)25(27)28)19-20-17(26)11-24-22-18(21-23-24)13-6-4-3-5-7-13/h3-10H,11H2,1-2H3,(H,20,26)/b19-12+. The Bertz CT molecular complexity index is 1060. The molecule has 1 N–H and O–H groups in total. The fourth-order valence-electron chi connectivity index (χ4n) is 2.45. The first-order valence-corrected chi connectivity index (χ1v) is 8.47. The second-order valence-electron chi connectivity index (χ2n) is 5.89. The fraction of sp³-hybridized carbons (Fsp3) is 0.167. The molecule has 1 aromatic heterocycles. The number of nitrogens with zero attached hydrogens (tertiary/aromatic N) is 6. The van der Waals surface area contributed by atoms with Gasteiger partial charge in [-0.05, 0) is 24.3 Å². The number of hydrogen-bond acceptors (Lipinski definition) is 8. The van der Waals surface area contributed by atoms with Gasteiger partial charge in [-0.2, -0.15) is 9.90 Å². The average molecular weight is 395 g/mol. The highest BCUT2D eigenvalue weighted by Gasteiger charge is 2.16. The number of hydrogen-bond donors (Lipinski definition) is 1. The quantitative estimate of drug-likeness (QED) is 0.366. The summed E-state index contributed by atoms with van der Waals surface area (Å²) in [5.74, 6) is 0.0788. The molecular formula is C18H17N7O4. The van der Waals surface area contributed by atoms with Crippen molar-refractivity contribution >= 4 is 17.3 Å². The van der Waals surface area contributed by atoms with Gasteiger partial charge in [0.25, 0.3) is 5.91 Å². The number of carbonyl (C=O) groups is 1. The number of tetrazole rings is 1. The molecule has 0 spiro atoms. The van der Waals surface area contributed by atoms with E-state index >= 15 is 0 Å². The molecule has 0 aliphatic carbocycles. The largest absolute Gasteiger partial charge is 0.490 e. The van der Waals surface area contributed by atoms with E-state index in [1.165, 1.54) is 19.2 Å². The molecule has 0 aliphatic rings. The van der Waals surface area contributed by atoms with E-state index < -0.39 is 10.8 Å². The zero-order valence-corrected chi connectivity index (χ0v) is 15.6. The number of hydrazone groups is 1. The summed E-state index contributed by atoms with van der Waals surface area (Å²) in [4.78, 5) is 23.8. The first kappa shape index (κ1) is 19.6. The molecule has 3 rings (SSSR count). The van der Waals surface area contributed by atoms with Crippen LogP contribution >= 0.6 is 0 Å².